The van der Waals surface area contributed by atoms with Crippen LogP contribution in [0.15, 0.2) is 82.5 Å². The Kier molecular flexibility index (Phi) is 6.60. The van der Waals surface area contributed by atoms with Crippen LogP contribution in [0.5, 0.6) is 0 Å². The molecular weight excluding hydrogens is 472 g/mol. The Morgan fingerprint density at radius 1 is 0.750 bits per heavy atom. The van der Waals surface area contributed by atoms with Crippen molar-refractivity contribution in [3.05, 3.63) is 99.8 Å². The summed E-state index contributed by atoms with van der Waals surface area (Å²) in [4.78, 5) is 26.9. The largest absolute Gasteiger partial charge is 0.307 e. The first-order valence-corrected chi connectivity index (χ1v) is 13.7. The number of carbonyl (C=O) groups excluding carboxylic acids is 1. The average molecular weight is 501 g/mol. The van der Waals surface area contributed by atoms with Gasteiger partial charge in [0.05, 0.1) is 16.2 Å². The summed E-state index contributed by atoms with van der Waals surface area (Å²) in [7, 11) is -3.51. The number of fused-ring (bicyclic) bond motifs is 5. The van der Waals surface area contributed by atoms with Gasteiger partial charge in [0.1, 0.15) is 0 Å². The summed E-state index contributed by atoms with van der Waals surface area (Å²) in [5, 5.41) is 1.26. The highest BCUT2D eigenvalue weighted by molar-refractivity contribution is 7.89. The molecule has 7 heteroatoms. The van der Waals surface area contributed by atoms with Gasteiger partial charge in [0.2, 0.25) is 10.0 Å². The standard InChI is InChI=1S/C29H28N2O4S/c1-20-14-16-21(17-15-20)36(34,35)30-18-8-2-3-9-19-31-27-23-11-5-6-12-24(23)28(32)26(27)22-10-4-7-13-25(22)29(31)33/h4-7,10-17,30H,2-3,8-9,18-19H2,1H3. The molecule has 0 aliphatic heterocycles. The number of rotatable bonds is 9. The predicted octanol–water partition coefficient (Wildman–Crippen LogP) is 5.06. The van der Waals surface area contributed by atoms with Crippen molar-refractivity contribution in [2.24, 2.45) is 0 Å². The molecule has 36 heavy (non-hydrogen) atoms. The molecule has 1 aliphatic rings. The van der Waals surface area contributed by atoms with E-state index >= 15 is 0 Å². The van der Waals surface area contributed by atoms with Gasteiger partial charge in [0, 0.05) is 35.0 Å². The quantitative estimate of drug-likeness (QED) is 0.287. The zero-order chi connectivity index (χ0) is 25.3. The van der Waals surface area contributed by atoms with Crippen molar-refractivity contribution in [2.45, 2.75) is 44.0 Å². The van der Waals surface area contributed by atoms with Gasteiger partial charge in [-0.15, -0.1) is 0 Å². The van der Waals surface area contributed by atoms with Gasteiger partial charge in [-0.2, -0.15) is 0 Å². The highest BCUT2D eigenvalue weighted by atomic mass is 32.2. The minimum atomic E-state index is -3.51. The van der Waals surface area contributed by atoms with E-state index in [1.165, 1.54) is 0 Å². The highest BCUT2D eigenvalue weighted by Gasteiger charge is 2.32. The van der Waals surface area contributed by atoms with Crippen molar-refractivity contribution < 1.29 is 13.2 Å². The van der Waals surface area contributed by atoms with Crippen LogP contribution in [-0.2, 0) is 16.6 Å². The first kappa shape index (κ1) is 24.2. The van der Waals surface area contributed by atoms with Gasteiger partial charge in [0.25, 0.3) is 5.56 Å². The molecule has 184 valence electrons. The number of hydrogen-bond acceptors (Lipinski definition) is 4. The van der Waals surface area contributed by atoms with Gasteiger partial charge in [-0.3, -0.25) is 9.59 Å². The van der Waals surface area contributed by atoms with Gasteiger partial charge >= 0.3 is 0 Å². The first-order valence-electron chi connectivity index (χ1n) is 12.2. The minimum absolute atomic E-state index is 0.0357. The Morgan fingerprint density at radius 2 is 1.39 bits per heavy atom. The molecule has 0 bridgehead atoms. The Morgan fingerprint density at radius 3 is 2.14 bits per heavy atom. The molecule has 6 nitrogen and oxygen atoms in total. The van der Waals surface area contributed by atoms with E-state index in [4.69, 9.17) is 0 Å². The van der Waals surface area contributed by atoms with Crippen molar-refractivity contribution in [1.82, 2.24) is 9.29 Å². The summed E-state index contributed by atoms with van der Waals surface area (Å²) >= 11 is 0. The maximum Gasteiger partial charge on any atom is 0.258 e. The SMILES string of the molecule is Cc1ccc(S(=O)(=O)NCCCCCCn2c3c(c4ccccc4c2=O)C(=O)c2ccccc2-3)cc1. The zero-order valence-electron chi connectivity index (χ0n) is 20.2. The molecule has 5 rings (SSSR count). The third-order valence-corrected chi connectivity index (χ3v) is 8.24. The molecule has 0 saturated carbocycles. The predicted molar refractivity (Wildman–Crippen MR) is 142 cm³/mol. The lowest BCUT2D eigenvalue weighted by molar-refractivity contribution is 0.104. The maximum atomic E-state index is 13.4. The fraction of sp³-hybridized carbons (Fsp3) is 0.241. The molecule has 1 heterocycles. The van der Waals surface area contributed by atoms with Crippen molar-refractivity contribution in [3.63, 3.8) is 0 Å². The lowest BCUT2D eigenvalue weighted by atomic mass is 10.0. The van der Waals surface area contributed by atoms with Gasteiger partial charge < -0.3 is 4.57 Å². The first-order chi connectivity index (χ1) is 17.4. The van der Waals surface area contributed by atoms with E-state index in [-0.39, 0.29) is 16.2 Å². The molecule has 0 unspecified atom stereocenters. The summed E-state index contributed by atoms with van der Waals surface area (Å²) in [6, 6.07) is 21.6. The number of aromatic nitrogens is 1. The van der Waals surface area contributed by atoms with Gasteiger partial charge in [-0.1, -0.05) is 73.0 Å². The highest BCUT2D eigenvalue weighted by Crippen LogP contribution is 2.39. The number of benzene rings is 3. The summed E-state index contributed by atoms with van der Waals surface area (Å²) in [5.74, 6) is -0.0357. The Hall–Kier alpha value is -3.55. The fourth-order valence-electron chi connectivity index (χ4n) is 4.90. The lowest BCUT2D eigenvalue weighted by Gasteiger charge is -2.15. The summed E-state index contributed by atoms with van der Waals surface area (Å²) in [6.45, 7) is 2.78. The minimum Gasteiger partial charge on any atom is -0.307 e. The van der Waals surface area contributed by atoms with E-state index in [0.717, 1.165) is 30.4 Å². The van der Waals surface area contributed by atoms with Crippen LogP contribution in [0.1, 0.15) is 47.2 Å². The topological polar surface area (TPSA) is 85.2 Å². The monoisotopic (exact) mass is 500 g/mol. The van der Waals surface area contributed by atoms with E-state index < -0.39 is 10.0 Å². The zero-order valence-corrected chi connectivity index (χ0v) is 21.0. The van der Waals surface area contributed by atoms with Crippen LogP contribution in [-0.4, -0.2) is 25.3 Å². The smallest absolute Gasteiger partial charge is 0.258 e. The molecular formula is C29H28N2O4S. The van der Waals surface area contributed by atoms with Crippen LogP contribution < -0.4 is 10.3 Å². The molecule has 1 N–H and O–H groups in total. The van der Waals surface area contributed by atoms with Gasteiger partial charge in [-0.05, 0) is 38.0 Å². The molecule has 1 aliphatic carbocycles. The number of nitrogens with zero attached hydrogens (tertiary/aromatic N) is 1. The molecule has 0 saturated heterocycles. The number of sulfonamides is 1. The van der Waals surface area contributed by atoms with Crippen LogP contribution in [0, 0.1) is 6.92 Å². The van der Waals surface area contributed by atoms with E-state index in [9.17, 15) is 18.0 Å². The summed E-state index contributed by atoms with van der Waals surface area (Å²) < 4.78 is 29.3. The maximum absolute atomic E-state index is 13.4. The second-order valence-corrected chi connectivity index (χ2v) is 11.0. The number of aryl methyl sites for hydroxylation is 1. The Labute approximate surface area is 210 Å². The number of pyridine rings is 1. The normalized spacial score (nSPS) is 12.6. The van der Waals surface area contributed by atoms with E-state index in [1.54, 1.807) is 34.9 Å². The molecule has 3 aromatic carbocycles. The lowest BCUT2D eigenvalue weighted by Crippen LogP contribution is -2.25. The molecule has 0 fully saturated rings. The number of unbranched alkanes of at least 4 members (excludes halogenated alkanes) is 3. The summed E-state index contributed by atoms with van der Waals surface area (Å²) in [5.41, 5.74) is 3.70. The molecule has 4 aromatic rings. The van der Waals surface area contributed by atoms with Crippen molar-refractivity contribution in [1.29, 1.82) is 0 Å². The van der Waals surface area contributed by atoms with Crippen LogP contribution in [0.25, 0.3) is 22.0 Å². The molecule has 0 amide bonds. The summed E-state index contributed by atoms with van der Waals surface area (Å²) in [6.07, 6.45) is 3.13. The van der Waals surface area contributed by atoms with Crippen LogP contribution in [0.3, 0.4) is 0 Å². The van der Waals surface area contributed by atoms with Gasteiger partial charge in [-0.25, -0.2) is 13.1 Å². The van der Waals surface area contributed by atoms with Crippen molar-refractivity contribution in [2.75, 3.05) is 6.54 Å². The van der Waals surface area contributed by atoms with Crippen molar-refractivity contribution >= 4 is 26.6 Å². The average Bonchev–Trinajstić information content (AvgIpc) is 3.18. The number of hydrogen-bond donors (Lipinski definition) is 1. The van der Waals surface area contributed by atoms with Crippen molar-refractivity contribution in [3.8, 4) is 11.3 Å². The molecule has 0 atom stereocenters. The molecule has 1 aromatic heterocycles. The van der Waals surface area contributed by atoms with Crippen LogP contribution in [0.2, 0.25) is 0 Å². The third kappa shape index (κ3) is 4.40. The number of ketones is 1. The Bertz CT molecular complexity index is 1620. The third-order valence-electron chi connectivity index (χ3n) is 6.76. The van der Waals surface area contributed by atoms with Crippen LogP contribution in [0.4, 0.5) is 0 Å². The number of carbonyl (C=O) groups is 1. The van der Waals surface area contributed by atoms with E-state index in [1.807, 2.05) is 49.4 Å². The molecule has 0 radical (unpaired) electrons. The number of nitrogens with one attached hydrogen (secondary N) is 1. The second-order valence-electron chi connectivity index (χ2n) is 9.23. The second kappa shape index (κ2) is 9.84. The Balaban J connectivity index is 1.26. The van der Waals surface area contributed by atoms with Crippen LogP contribution >= 0.6 is 0 Å². The molecule has 0 spiro atoms. The van der Waals surface area contributed by atoms with E-state index in [2.05, 4.69) is 4.72 Å². The van der Waals surface area contributed by atoms with E-state index in [0.29, 0.717) is 47.1 Å². The fourth-order valence-corrected chi connectivity index (χ4v) is 5.97. The van der Waals surface area contributed by atoms with Gasteiger partial charge in [0.15, 0.2) is 5.78 Å².